The normalized spacial score (nSPS) is 10.5. The fourth-order valence-corrected chi connectivity index (χ4v) is 2.16. The minimum atomic E-state index is -0.440. The molecule has 2 aromatic rings. The van der Waals surface area contributed by atoms with Gasteiger partial charge in [-0.25, -0.2) is 4.79 Å². The maximum absolute atomic E-state index is 12.2. The van der Waals surface area contributed by atoms with Gasteiger partial charge in [-0.05, 0) is 49.5 Å². The Morgan fingerprint density at radius 3 is 2.65 bits per heavy atom. The van der Waals surface area contributed by atoms with E-state index in [0.717, 1.165) is 10.0 Å². The highest BCUT2D eigenvalue weighted by Crippen LogP contribution is 2.23. The van der Waals surface area contributed by atoms with Gasteiger partial charge in [0.05, 0.1) is 11.8 Å². The number of aryl methyl sites for hydroxylation is 1. The molecule has 0 bridgehead atoms. The molecule has 7 heteroatoms. The molecule has 0 aromatic heterocycles. The van der Waals surface area contributed by atoms with Gasteiger partial charge in [-0.15, -0.1) is 0 Å². The van der Waals surface area contributed by atoms with E-state index in [1.165, 1.54) is 6.21 Å². The SMILES string of the molecule is Cc1ccc(C(=O)Oc2ccc(Br)cc2/C=N\NC(N)=S)cc1. The van der Waals surface area contributed by atoms with Crippen molar-refractivity contribution in [1.82, 2.24) is 5.43 Å². The van der Waals surface area contributed by atoms with E-state index in [0.29, 0.717) is 16.9 Å². The van der Waals surface area contributed by atoms with E-state index in [4.69, 9.17) is 10.5 Å². The zero-order valence-electron chi connectivity index (χ0n) is 12.2. The lowest BCUT2D eigenvalue weighted by Crippen LogP contribution is -2.24. The van der Waals surface area contributed by atoms with Gasteiger partial charge < -0.3 is 10.5 Å². The number of rotatable bonds is 4. The highest BCUT2D eigenvalue weighted by molar-refractivity contribution is 9.10. The molecule has 0 atom stereocenters. The molecule has 0 aliphatic rings. The number of carbonyl (C=O) groups is 1. The van der Waals surface area contributed by atoms with Gasteiger partial charge in [-0.3, -0.25) is 5.43 Å². The highest BCUT2D eigenvalue weighted by Gasteiger charge is 2.11. The Hall–Kier alpha value is -2.25. The summed E-state index contributed by atoms with van der Waals surface area (Å²) in [4.78, 5) is 12.2. The van der Waals surface area contributed by atoms with Gasteiger partial charge in [0.25, 0.3) is 0 Å². The molecule has 118 valence electrons. The molecule has 2 rings (SSSR count). The van der Waals surface area contributed by atoms with Crippen molar-refractivity contribution in [3.8, 4) is 5.75 Å². The summed E-state index contributed by atoms with van der Waals surface area (Å²) >= 11 is 8.04. The van der Waals surface area contributed by atoms with Crippen molar-refractivity contribution in [2.45, 2.75) is 6.92 Å². The average Bonchev–Trinajstić information content (AvgIpc) is 2.50. The molecule has 0 unspecified atom stereocenters. The second-order valence-electron chi connectivity index (χ2n) is 4.67. The summed E-state index contributed by atoms with van der Waals surface area (Å²) in [6.45, 7) is 1.95. The number of halogens is 1. The summed E-state index contributed by atoms with van der Waals surface area (Å²) in [6.07, 6.45) is 1.47. The van der Waals surface area contributed by atoms with E-state index >= 15 is 0 Å². The number of nitrogens with two attached hydrogens (primary N) is 1. The highest BCUT2D eigenvalue weighted by atomic mass is 79.9. The van der Waals surface area contributed by atoms with Gasteiger partial charge in [0, 0.05) is 10.0 Å². The van der Waals surface area contributed by atoms with E-state index in [2.05, 4.69) is 38.7 Å². The minimum Gasteiger partial charge on any atom is -0.422 e. The monoisotopic (exact) mass is 391 g/mol. The van der Waals surface area contributed by atoms with Crippen molar-refractivity contribution in [1.29, 1.82) is 0 Å². The van der Waals surface area contributed by atoms with Crippen LogP contribution in [0.5, 0.6) is 5.75 Å². The van der Waals surface area contributed by atoms with Crippen LogP contribution in [0.15, 0.2) is 52.0 Å². The van der Waals surface area contributed by atoms with Crippen LogP contribution in [0.4, 0.5) is 0 Å². The zero-order chi connectivity index (χ0) is 16.8. The van der Waals surface area contributed by atoms with Crippen molar-refractivity contribution in [2.75, 3.05) is 0 Å². The van der Waals surface area contributed by atoms with Gasteiger partial charge in [0.15, 0.2) is 5.11 Å². The molecular formula is C16H14BrN3O2S. The van der Waals surface area contributed by atoms with Crippen molar-refractivity contribution in [3.63, 3.8) is 0 Å². The van der Waals surface area contributed by atoms with Crippen molar-refractivity contribution in [2.24, 2.45) is 10.8 Å². The van der Waals surface area contributed by atoms with E-state index < -0.39 is 5.97 Å². The van der Waals surface area contributed by atoms with Crippen LogP contribution in [-0.2, 0) is 0 Å². The maximum atomic E-state index is 12.2. The summed E-state index contributed by atoms with van der Waals surface area (Å²) < 4.78 is 6.26. The quantitative estimate of drug-likeness (QED) is 0.275. The van der Waals surface area contributed by atoms with Crippen LogP contribution in [0.25, 0.3) is 0 Å². The Morgan fingerprint density at radius 2 is 2.00 bits per heavy atom. The third-order valence-corrected chi connectivity index (χ3v) is 3.42. The first-order valence-electron chi connectivity index (χ1n) is 6.62. The Kier molecular flexibility index (Phi) is 5.84. The number of hydrazone groups is 1. The lowest BCUT2D eigenvalue weighted by Gasteiger charge is -2.08. The van der Waals surface area contributed by atoms with Crippen molar-refractivity contribution in [3.05, 3.63) is 63.6 Å². The molecule has 0 radical (unpaired) electrons. The van der Waals surface area contributed by atoms with Gasteiger partial charge >= 0.3 is 5.97 Å². The minimum absolute atomic E-state index is 0.0504. The molecule has 2 aromatic carbocycles. The largest absolute Gasteiger partial charge is 0.422 e. The lowest BCUT2D eigenvalue weighted by molar-refractivity contribution is 0.0734. The van der Waals surface area contributed by atoms with Crippen LogP contribution in [0.2, 0.25) is 0 Å². The predicted octanol–water partition coefficient (Wildman–Crippen LogP) is 3.14. The van der Waals surface area contributed by atoms with Crippen LogP contribution in [0.3, 0.4) is 0 Å². The Bertz CT molecular complexity index is 760. The fraction of sp³-hybridized carbons (Fsp3) is 0.0625. The molecule has 0 saturated heterocycles. The van der Waals surface area contributed by atoms with Gasteiger partial charge in [0.2, 0.25) is 0 Å². The van der Waals surface area contributed by atoms with E-state index in [1.807, 2.05) is 19.1 Å². The number of hydrogen-bond donors (Lipinski definition) is 2. The Labute approximate surface area is 147 Å². The van der Waals surface area contributed by atoms with E-state index in [9.17, 15) is 4.79 Å². The number of carbonyl (C=O) groups excluding carboxylic acids is 1. The first-order chi connectivity index (χ1) is 11.0. The third-order valence-electron chi connectivity index (χ3n) is 2.84. The number of thiocarbonyl (C=S) groups is 1. The van der Waals surface area contributed by atoms with Crippen LogP contribution in [0, 0.1) is 6.92 Å². The summed E-state index contributed by atoms with van der Waals surface area (Å²) in [6, 6.07) is 12.4. The van der Waals surface area contributed by atoms with Gasteiger partial charge in [-0.1, -0.05) is 33.6 Å². The molecule has 0 spiro atoms. The zero-order valence-corrected chi connectivity index (χ0v) is 14.6. The maximum Gasteiger partial charge on any atom is 0.343 e. The Balaban J connectivity index is 2.21. The van der Waals surface area contributed by atoms with E-state index in [-0.39, 0.29) is 5.11 Å². The second-order valence-corrected chi connectivity index (χ2v) is 6.03. The number of nitrogens with zero attached hydrogens (tertiary/aromatic N) is 1. The van der Waals surface area contributed by atoms with Gasteiger partial charge in [0.1, 0.15) is 5.75 Å². The predicted molar refractivity (Wildman–Crippen MR) is 97.8 cm³/mol. The van der Waals surface area contributed by atoms with Crippen LogP contribution in [-0.4, -0.2) is 17.3 Å². The molecule has 3 N–H and O–H groups in total. The number of ether oxygens (including phenoxy) is 1. The molecule has 0 saturated carbocycles. The molecule has 0 heterocycles. The average molecular weight is 392 g/mol. The van der Waals surface area contributed by atoms with Crippen LogP contribution >= 0.6 is 28.1 Å². The summed E-state index contributed by atoms with van der Waals surface area (Å²) in [5.74, 6) is -0.0588. The summed E-state index contributed by atoms with van der Waals surface area (Å²) in [7, 11) is 0. The fourth-order valence-electron chi connectivity index (χ4n) is 1.73. The number of esters is 1. The lowest BCUT2D eigenvalue weighted by atomic mass is 10.1. The molecular weight excluding hydrogens is 378 g/mol. The van der Waals surface area contributed by atoms with Gasteiger partial charge in [-0.2, -0.15) is 5.10 Å². The molecule has 0 fully saturated rings. The summed E-state index contributed by atoms with van der Waals surface area (Å²) in [5.41, 5.74) is 9.91. The topological polar surface area (TPSA) is 76.7 Å². The number of hydrogen-bond acceptors (Lipinski definition) is 4. The molecule has 0 aliphatic carbocycles. The third kappa shape index (κ3) is 5.15. The molecule has 23 heavy (non-hydrogen) atoms. The second kappa shape index (κ2) is 7.85. The summed E-state index contributed by atoms with van der Waals surface area (Å²) in [5, 5.41) is 3.93. The smallest absolute Gasteiger partial charge is 0.343 e. The first kappa shape index (κ1) is 17.1. The Morgan fingerprint density at radius 1 is 1.30 bits per heavy atom. The van der Waals surface area contributed by atoms with Crippen LogP contribution < -0.4 is 15.9 Å². The molecule has 0 aliphatic heterocycles. The van der Waals surface area contributed by atoms with Crippen molar-refractivity contribution >= 4 is 45.4 Å². The first-order valence-corrected chi connectivity index (χ1v) is 7.83. The molecule has 5 nitrogen and oxygen atoms in total. The van der Waals surface area contributed by atoms with E-state index in [1.54, 1.807) is 30.3 Å². The number of benzene rings is 2. The number of nitrogens with one attached hydrogen (secondary N) is 1. The van der Waals surface area contributed by atoms with Crippen molar-refractivity contribution < 1.29 is 9.53 Å². The van der Waals surface area contributed by atoms with Crippen LogP contribution in [0.1, 0.15) is 21.5 Å². The molecule has 0 amide bonds. The standard InChI is InChI=1S/C16H14BrN3O2S/c1-10-2-4-11(5-3-10)15(21)22-14-7-6-13(17)8-12(14)9-19-20-16(18)23/h2-9H,1H3,(H3,18,20,23)/b19-9-.